The lowest BCUT2D eigenvalue weighted by atomic mass is 9.99. The van der Waals surface area contributed by atoms with E-state index < -0.39 is 6.10 Å². The number of aliphatic hydroxyl groups is 2. The van der Waals surface area contributed by atoms with Gasteiger partial charge in [0.05, 0.1) is 44.8 Å². The summed E-state index contributed by atoms with van der Waals surface area (Å²) >= 11 is 19.3. The third-order valence-corrected chi connectivity index (χ3v) is 5.02. The van der Waals surface area contributed by atoms with Gasteiger partial charge in [-0.2, -0.15) is 0 Å². The first-order chi connectivity index (χ1) is 11.9. The first kappa shape index (κ1) is 18.5. The largest absolute Gasteiger partial charge is 0.394 e. The van der Waals surface area contributed by atoms with Crippen LogP contribution in [0.5, 0.6) is 0 Å². The molecule has 0 amide bonds. The van der Waals surface area contributed by atoms with Crippen LogP contribution in [0.4, 0.5) is 11.4 Å². The maximum absolute atomic E-state index is 9.80. The van der Waals surface area contributed by atoms with Gasteiger partial charge in [0, 0.05) is 24.2 Å². The summed E-state index contributed by atoms with van der Waals surface area (Å²) in [6.07, 6.45) is 4.80. The standard InChI is InChI=1S/C18H17Cl3N2O2/c1-10-5-6-12-16(7-11(25)9-24)22-8-15(21)17(12)23(10)18-13(19)3-2-4-14(18)20/h2-6,8,10-11,24-25H,7,9H2,1H3. The highest BCUT2D eigenvalue weighted by Crippen LogP contribution is 2.46. The number of benzene rings is 1. The minimum absolute atomic E-state index is 0.0274. The molecule has 0 radical (unpaired) electrons. The van der Waals surface area contributed by atoms with Crippen molar-refractivity contribution in [1.82, 2.24) is 4.98 Å². The quantitative estimate of drug-likeness (QED) is 0.795. The van der Waals surface area contributed by atoms with Crippen LogP contribution < -0.4 is 4.90 Å². The Bertz CT molecular complexity index is 806. The van der Waals surface area contributed by atoms with E-state index in [1.165, 1.54) is 0 Å². The molecule has 2 N–H and O–H groups in total. The van der Waals surface area contributed by atoms with Crippen LogP contribution in [0.25, 0.3) is 6.08 Å². The lowest BCUT2D eigenvalue weighted by Crippen LogP contribution is -2.31. The summed E-state index contributed by atoms with van der Waals surface area (Å²) < 4.78 is 0. The number of rotatable bonds is 4. The van der Waals surface area contributed by atoms with E-state index in [0.717, 1.165) is 11.3 Å². The van der Waals surface area contributed by atoms with Crippen molar-refractivity contribution in [1.29, 1.82) is 0 Å². The van der Waals surface area contributed by atoms with Gasteiger partial charge in [-0.05, 0) is 19.1 Å². The third-order valence-electron chi connectivity index (χ3n) is 4.13. The Balaban J connectivity index is 2.19. The molecule has 1 aliphatic rings. The summed E-state index contributed by atoms with van der Waals surface area (Å²) in [4.78, 5) is 6.30. The molecule has 1 aromatic carbocycles. The number of halogens is 3. The fraction of sp³-hybridized carbons (Fsp3) is 0.278. The van der Waals surface area contributed by atoms with Crippen molar-refractivity contribution in [2.45, 2.75) is 25.5 Å². The zero-order valence-corrected chi connectivity index (χ0v) is 15.7. The van der Waals surface area contributed by atoms with E-state index >= 15 is 0 Å². The summed E-state index contributed by atoms with van der Waals surface area (Å²) in [5, 5.41) is 20.4. The van der Waals surface area contributed by atoms with Crippen molar-refractivity contribution in [2.75, 3.05) is 11.5 Å². The van der Waals surface area contributed by atoms with Gasteiger partial charge in [-0.3, -0.25) is 4.98 Å². The maximum Gasteiger partial charge on any atom is 0.0832 e. The van der Waals surface area contributed by atoms with E-state index in [2.05, 4.69) is 4.98 Å². The van der Waals surface area contributed by atoms with Gasteiger partial charge < -0.3 is 15.1 Å². The van der Waals surface area contributed by atoms with Gasteiger partial charge in [0.2, 0.25) is 0 Å². The lowest BCUT2D eigenvalue weighted by molar-refractivity contribution is 0.0947. The second kappa shape index (κ2) is 7.52. The number of anilines is 2. The number of pyridine rings is 1. The Morgan fingerprint density at radius 2 is 1.84 bits per heavy atom. The molecule has 2 unspecified atom stereocenters. The Hall–Kier alpha value is -1.30. The smallest absolute Gasteiger partial charge is 0.0832 e. The SMILES string of the molecule is CC1C=Cc2c(CC(O)CO)ncc(Cl)c2N1c1c(Cl)cccc1Cl. The fourth-order valence-electron chi connectivity index (χ4n) is 2.96. The first-order valence-electron chi connectivity index (χ1n) is 7.81. The van der Waals surface area contributed by atoms with Crippen LogP contribution in [0.2, 0.25) is 15.1 Å². The number of aliphatic hydroxyl groups excluding tert-OH is 2. The van der Waals surface area contributed by atoms with Crippen LogP contribution in [0.3, 0.4) is 0 Å². The molecule has 2 aromatic rings. The Morgan fingerprint density at radius 3 is 2.48 bits per heavy atom. The van der Waals surface area contributed by atoms with Crippen molar-refractivity contribution in [3.8, 4) is 0 Å². The van der Waals surface area contributed by atoms with Crippen molar-refractivity contribution in [3.05, 3.63) is 56.8 Å². The van der Waals surface area contributed by atoms with Crippen molar-refractivity contribution in [3.63, 3.8) is 0 Å². The van der Waals surface area contributed by atoms with Gasteiger partial charge in [-0.1, -0.05) is 53.0 Å². The van der Waals surface area contributed by atoms with E-state index in [1.54, 1.807) is 24.4 Å². The highest BCUT2D eigenvalue weighted by Gasteiger charge is 2.29. The van der Waals surface area contributed by atoms with Crippen LogP contribution in [0.1, 0.15) is 18.2 Å². The molecule has 0 bridgehead atoms. The molecule has 25 heavy (non-hydrogen) atoms. The highest BCUT2D eigenvalue weighted by molar-refractivity contribution is 6.40. The van der Waals surface area contributed by atoms with Crippen LogP contribution in [-0.4, -0.2) is 33.9 Å². The van der Waals surface area contributed by atoms with Gasteiger partial charge >= 0.3 is 0 Å². The molecule has 0 saturated heterocycles. The topological polar surface area (TPSA) is 56.6 Å². The van der Waals surface area contributed by atoms with E-state index in [4.69, 9.17) is 39.9 Å². The van der Waals surface area contributed by atoms with E-state index in [0.29, 0.717) is 26.4 Å². The summed E-state index contributed by atoms with van der Waals surface area (Å²) in [6.45, 7) is 1.68. The molecule has 2 heterocycles. The van der Waals surface area contributed by atoms with Gasteiger partial charge in [-0.15, -0.1) is 0 Å². The number of aromatic nitrogens is 1. The molecule has 0 saturated carbocycles. The monoisotopic (exact) mass is 398 g/mol. The molecule has 132 valence electrons. The summed E-state index contributed by atoms with van der Waals surface area (Å²) in [6, 6.07) is 5.31. The molecular formula is C18H17Cl3N2O2. The molecule has 1 aliphatic heterocycles. The molecule has 4 nitrogen and oxygen atoms in total. The van der Waals surface area contributed by atoms with Crippen LogP contribution in [-0.2, 0) is 6.42 Å². The summed E-state index contributed by atoms with van der Waals surface area (Å²) in [5.74, 6) is 0. The fourth-order valence-corrected chi connectivity index (χ4v) is 3.78. The lowest BCUT2D eigenvalue weighted by Gasteiger charge is -2.36. The zero-order valence-electron chi connectivity index (χ0n) is 13.5. The van der Waals surface area contributed by atoms with E-state index in [-0.39, 0.29) is 19.1 Å². The van der Waals surface area contributed by atoms with Gasteiger partial charge in [-0.25, -0.2) is 0 Å². The maximum atomic E-state index is 9.80. The van der Waals surface area contributed by atoms with Crippen LogP contribution in [0, 0.1) is 0 Å². The molecule has 3 rings (SSSR count). The molecule has 7 heteroatoms. The number of hydrogen-bond acceptors (Lipinski definition) is 4. The Kier molecular flexibility index (Phi) is 5.56. The van der Waals surface area contributed by atoms with Gasteiger partial charge in [0.1, 0.15) is 0 Å². The molecule has 0 spiro atoms. The third kappa shape index (κ3) is 3.50. The first-order valence-corrected chi connectivity index (χ1v) is 8.95. The normalized spacial score (nSPS) is 17.5. The van der Waals surface area contributed by atoms with E-state index in [9.17, 15) is 5.11 Å². The molecule has 0 aliphatic carbocycles. The molecule has 0 fully saturated rings. The average Bonchev–Trinajstić information content (AvgIpc) is 2.58. The molecule has 1 aromatic heterocycles. The Labute approximate surface area is 161 Å². The second-order valence-electron chi connectivity index (χ2n) is 5.90. The van der Waals surface area contributed by atoms with Gasteiger partial charge in [0.15, 0.2) is 0 Å². The minimum Gasteiger partial charge on any atom is -0.394 e. The van der Waals surface area contributed by atoms with Crippen LogP contribution in [0.15, 0.2) is 30.5 Å². The second-order valence-corrected chi connectivity index (χ2v) is 7.12. The van der Waals surface area contributed by atoms with Crippen molar-refractivity contribution in [2.24, 2.45) is 0 Å². The average molecular weight is 400 g/mol. The van der Waals surface area contributed by atoms with Crippen molar-refractivity contribution < 1.29 is 10.2 Å². The Morgan fingerprint density at radius 1 is 1.16 bits per heavy atom. The summed E-state index contributed by atoms with van der Waals surface area (Å²) in [7, 11) is 0. The predicted octanol–water partition coefficient (Wildman–Crippen LogP) is 4.49. The molecular weight excluding hydrogens is 383 g/mol. The number of nitrogens with zero attached hydrogens (tertiary/aromatic N) is 2. The highest BCUT2D eigenvalue weighted by atomic mass is 35.5. The van der Waals surface area contributed by atoms with Crippen molar-refractivity contribution >= 4 is 52.3 Å². The number of fused-ring (bicyclic) bond motifs is 1. The molecule has 2 atom stereocenters. The number of hydrogen-bond donors (Lipinski definition) is 2. The predicted molar refractivity (Wildman–Crippen MR) is 103 cm³/mol. The zero-order chi connectivity index (χ0) is 18.1. The van der Waals surface area contributed by atoms with Crippen LogP contribution >= 0.6 is 34.8 Å². The number of para-hydroxylation sites is 1. The van der Waals surface area contributed by atoms with Gasteiger partial charge in [0.25, 0.3) is 0 Å². The minimum atomic E-state index is -0.886. The summed E-state index contributed by atoms with van der Waals surface area (Å²) in [5.41, 5.74) is 2.85. The van der Waals surface area contributed by atoms with E-state index in [1.807, 2.05) is 24.0 Å².